The molecule has 3 aromatic rings. The second-order valence-corrected chi connectivity index (χ2v) is 11.1. The fourth-order valence-electron chi connectivity index (χ4n) is 5.04. The molecule has 0 radical (unpaired) electrons. The minimum absolute atomic E-state index is 0.00245. The van der Waals surface area contributed by atoms with Crippen molar-refractivity contribution in [2.45, 2.75) is 70.9 Å². The van der Waals surface area contributed by atoms with Gasteiger partial charge in [-0.3, -0.25) is 9.59 Å². The van der Waals surface area contributed by atoms with Gasteiger partial charge in [0.1, 0.15) is 11.4 Å². The summed E-state index contributed by atoms with van der Waals surface area (Å²) in [5, 5.41) is 3.23. The van der Waals surface area contributed by atoms with Crippen LogP contribution in [-0.2, 0) is 25.5 Å². The number of nitrogens with one attached hydrogen (secondary N) is 2. The molecule has 2 aromatic carbocycles. The smallest absolute Gasteiger partial charge is 0.337 e. The summed E-state index contributed by atoms with van der Waals surface area (Å²) < 4.78 is 10.3. The number of nitrogens with zero attached hydrogens (tertiary/aromatic N) is 1. The zero-order valence-electron chi connectivity index (χ0n) is 22.6. The van der Waals surface area contributed by atoms with Crippen LogP contribution in [0.4, 0.5) is 0 Å². The molecule has 1 aromatic heterocycles. The molecule has 8 nitrogen and oxygen atoms in total. The van der Waals surface area contributed by atoms with Crippen LogP contribution in [0, 0.1) is 11.8 Å². The first-order chi connectivity index (χ1) is 18.1. The molecule has 1 fully saturated rings. The summed E-state index contributed by atoms with van der Waals surface area (Å²) in [4.78, 5) is 45.6. The number of aromatic nitrogens is 2. The van der Waals surface area contributed by atoms with Crippen molar-refractivity contribution < 1.29 is 23.9 Å². The van der Waals surface area contributed by atoms with Gasteiger partial charge < -0.3 is 19.8 Å². The third kappa shape index (κ3) is 7.21. The van der Waals surface area contributed by atoms with Gasteiger partial charge in [0, 0.05) is 12.3 Å². The van der Waals surface area contributed by atoms with Crippen LogP contribution >= 0.6 is 0 Å². The van der Waals surface area contributed by atoms with Crippen LogP contribution in [0.3, 0.4) is 0 Å². The first kappa shape index (κ1) is 27.4. The summed E-state index contributed by atoms with van der Waals surface area (Å²) in [6.07, 6.45) is 4.09. The van der Waals surface area contributed by atoms with Crippen LogP contribution < -0.4 is 5.32 Å². The number of hydrogen-bond acceptors (Lipinski definition) is 6. The summed E-state index contributed by atoms with van der Waals surface area (Å²) in [5.74, 6) is 0.170. The molecule has 1 aliphatic carbocycles. The Morgan fingerprint density at radius 2 is 1.76 bits per heavy atom. The highest BCUT2D eigenvalue weighted by molar-refractivity contribution is 5.93. The Kier molecular flexibility index (Phi) is 8.49. The maximum atomic E-state index is 13.4. The fourth-order valence-corrected chi connectivity index (χ4v) is 5.04. The second-order valence-electron chi connectivity index (χ2n) is 11.1. The number of imidazole rings is 1. The first-order valence-corrected chi connectivity index (χ1v) is 13.3. The van der Waals surface area contributed by atoms with Gasteiger partial charge in [-0.2, -0.15) is 0 Å². The SMILES string of the molecule is COC(=O)c1ccc2[nH]c([C@H](Cc3ccccc3)NC(=O)[C@H]3CC[C@H](CC(=O)OC(C)(C)C)CC3)nc2c1. The first-order valence-electron chi connectivity index (χ1n) is 13.3. The van der Waals surface area contributed by atoms with E-state index in [1.165, 1.54) is 7.11 Å². The number of amides is 1. The number of carbonyl (C=O) groups is 3. The fraction of sp³-hybridized carbons (Fsp3) is 0.467. The van der Waals surface area contributed by atoms with Gasteiger partial charge in [0.25, 0.3) is 0 Å². The molecule has 0 spiro atoms. The number of hydrogen-bond donors (Lipinski definition) is 2. The van der Waals surface area contributed by atoms with Gasteiger partial charge >= 0.3 is 11.9 Å². The maximum Gasteiger partial charge on any atom is 0.337 e. The van der Waals surface area contributed by atoms with Crippen molar-refractivity contribution in [2.24, 2.45) is 11.8 Å². The van der Waals surface area contributed by atoms with Crippen LogP contribution in [0.25, 0.3) is 11.0 Å². The van der Waals surface area contributed by atoms with Crippen molar-refractivity contribution in [3.63, 3.8) is 0 Å². The van der Waals surface area contributed by atoms with E-state index in [2.05, 4.69) is 10.3 Å². The molecule has 0 aliphatic heterocycles. The van der Waals surface area contributed by atoms with E-state index in [9.17, 15) is 14.4 Å². The highest BCUT2D eigenvalue weighted by Crippen LogP contribution is 2.32. The number of methoxy groups -OCH3 is 1. The van der Waals surface area contributed by atoms with Crippen molar-refractivity contribution >= 4 is 28.9 Å². The third-order valence-corrected chi connectivity index (χ3v) is 6.94. The Balaban J connectivity index is 1.45. The average Bonchev–Trinajstić information content (AvgIpc) is 3.31. The molecule has 0 saturated heterocycles. The highest BCUT2D eigenvalue weighted by Gasteiger charge is 2.30. The van der Waals surface area contributed by atoms with Crippen LogP contribution in [0.2, 0.25) is 0 Å². The monoisotopic (exact) mass is 519 g/mol. The lowest BCUT2D eigenvalue weighted by atomic mass is 9.80. The second kappa shape index (κ2) is 11.8. The van der Waals surface area contributed by atoms with E-state index < -0.39 is 11.6 Å². The summed E-state index contributed by atoms with van der Waals surface area (Å²) in [6.45, 7) is 5.62. The van der Waals surface area contributed by atoms with Crippen molar-refractivity contribution in [1.82, 2.24) is 15.3 Å². The van der Waals surface area contributed by atoms with Gasteiger partial charge in [-0.25, -0.2) is 9.78 Å². The van der Waals surface area contributed by atoms with E-state index >= 15 is 0 Å². The summed E-state index contributed by atoms with van der Waals surface area (Å²) in [6, 6.07) is 14.8. The molecule has 202 valence electrons. The van der Waals surface area contributed by atoms with Gasteiger partial charge in [-0.05, 0) is 82.6 Å². The van der Waals surface area contributed by atoms with E-state index in [-0.39, 0.29) is 29.8 Å². The predicted molar refractivity (Wildman–Crippen MR) is 144 cm³/mol. The van der Waals surface area contributed by atoms with Crippen LogP contribution in [-0.4, -0.2) is 40.5 Å². The van der Waals surface area contributed by atoms with Gasteiger partial charge in [0.05, 0.1) is 29.7 Å². The van der Waals surface area contributed by atoms with Gasteiger partial charge in [-0.15, -0.1) is 0 Å². The average molecular weight is 520 g/mol. The number of carbonyl (C=O) groups excluding carboxylic acids is 3. The minimum Gasteiger partial charge on any atom is -0.465 e. The third-order valence-electron chi connectivity index (χ3n) is 6.94. The molecule has 1 heterocycles. The molecule has 0 bridgehead atoms. The summed E-state index contributed by atoms with van der Waals surface area (Å²) in [7, 11) is 1.35. The molecule has 1 aliphatic rings. The number of rotatable bonds is 8. The van der Waals surface area contributed by atoms with E-state index in [1.807, 2.05) is 51.1 Å². The zero-order valence-corrected chi connectivity index (χ0v) is 22.6. The van der Waals surface area contributed by atoms with Gasteiger partial charge in [0.15, 0.2) is 0 Å². The standard InChI is InChI=1S/C30H37N3O5/c1-30(2,3)38-26(34)17-20-10-12-21(13-11-20)28(35)33-25(16-19-8-6-5-7-9-19)27-31-23-15-14-22(29(36)37-4)18-24(23)32-27/h5-9,14-15,18,20-21,25H,10-13,16-17H2,1-4H3,(H,31,32)(H,33,35)/t20-,21-,25-/m0/s1. The van der Waals surface area contributed by atoms with Crippen molar-refractivity contribution in [2.75, 3.05) is 7.11 Å². The number of fused-ring (bicyclic) bond motifs is 1. The molecule has 1 atom stereocenters. The van der Waals surface area contributed by atoms with E-state index in [0.717, 1.165) is 36.8 Å². The predicted octanol–water partition coefficient (Wildman–Crippen LogP) is 5.29. The topological polar surface area (TPSA) is 110 Å². The quantitative estimate of drug-likeness (QED) is 0.392. The lowest BCUT2D eigenvalue weighted by Crippen LogP contribution is -2.37. The molecule has 0 unspecified atom stereocenters. The van der Waals surface area contributed by atoms with E-state index in [4.69, 9.17) is 14.5 Å². The Morgan fingerprint density at radius 3 is 2.42 bits per heavy atom. The van der Waals surface area contributed by atoms with Crippen molar-refractivity contribution in [3.8, 4) is 0 Å². The lowest BCUT2D eigenvalue weighted by Gasteiger charge is -2.29. The molecular formula is C30H37N3O5. The highest BCUT2D eigenvalue weighted by atomic mass is 16.6. The normalized spacial score (nSPS) is 18.5. The molecule has 8 heteroatoms. The number of esters is 2. The molecule has 4 rings (SSSR count). The Bertz CT molecular complexity index is 1270. The Hall–Kier alpha value is -3.68. The molecular weight excluding hydrogens is 482 g/mol. The maximum absolute atomic E-state index is 13.4. The summed E-state index contributed by atoms with van der Waals surface area (Å²) >= 11 is 0. The lowest BCUT2D eigenvalue weighted by molar-refractivity contribution is -0.156. The number of benzene rings is 2. The largest absolute Gasteiger partial charge is 0.465 e. The zero-order chi connectivity index (χ0) is 27.3. The number of H-pyrrole nitrogens is 1. The molecule has 1 saturated carbocycles. The van der Waals surface area contributed by atoms with Crippen LogP contribution in [0.5, 0.6) is 0 Å². The van der Waals surface area contributed by atoms with E-state index in [1.54, 1.807) is 18.2 Å². The van der Waals surface area contributed by atoms with E-state index in [0.29, 0.717) is 29.7 Å². The molecule has 38 heavy (non-hydrogen) atoms. The van der Waals surface area contributed by atoms with Gasteiger partial charge in [-0.1, -0.05) is 30.3 Å². The molecule has 1 amide bonds. The minimum atomic E-state index is -0.487. The molecule has 2 N–H and O–H groups in total. The number of ether oxygens (including phenoxy) is 2. The van der Waals surface area contributed by atoms with Crippen molar-refractivity contribution in [1.29, 1.82) is 0 Å². The van der Waals surface area contributed by atoms with Crippen molar-refractivity contribution in [3.05, 3.63) is 65.5 Å². The summed E-state index contributed by atoms with van der Waals surface area (Å²) in [5.41, 5.74) is 2.43. The Morgan fingerprint density at radius 1 is 1.05 bits per heavy atom. The number of aromatic amines is 1. The van der Waals surface area contributed by atoms with Crippen LogP contribution in [0.1, 0.15) is 80.7 Å². The van der Waals surface area contributed by atoms with Crippen LogP contribution in [0.15, 0.2) is 48.5 Å². The van der Waals surface area contributed by atoms with Gasteiger partial charge in [0.2, 0.25) is 5.91 Å². The Labute approximate surface area is 223 Å².